The van der Waals surface area contributed by atoms with Crippen molar-refractivity contribution < 1.29 is 4.79 Å². The standard InChI is InChI=1S/C26H28N6O2/c1-18-9-8-10-19(2)25(18)27-24(33)17-30-15-20(28-29-30)16-31-22-13-6-7-14-23(22)32(26(31)34)21-11-4-3-5-12-21/h6-11,13-15H,3-5,12,16-17H2,1-2H3,(H,27,33). The van der Waals surface area contributed by atoms with E-state index in [2.05, 4.69) is 21.7 Å². The van der Waals surface area contributed by atoms with Gasteiger partial charge in [0.05, 0.1) is 23.8 Å². The summed E-state index contributed by atoms with van der Waals surface area (Å²) in [4.78, 5) is 26.0. The molecule has 2 aromatic heterocycles. The molecule has 34 heavy (non-hydrogen) atoms. The van der Waals surface area contributed by atoms with E-state index in [-0.39, 0.29) is 24.7 Å². The van der Waals surface area contributed by atoms with Gasteiger partial charge in [-0.25, -0.2) is 9.48 Å². The summed E-state index contributed by atoms with van der Waals surface area (Å²) >= 11 is 0. The molecule has 2 aromatic carbocycles. The van der Waals surface area contributed by atoms with Gasteiger partial charge >= 0.3 is 5.69 Å². The van der Waals surface area contributed by atoms with Crippen molar-refractivity contribution in [2.45, 2.75) is 52.6 Å². The third-order valence-electron chi connectivity index (χ3n) is 6.35. The van der Waals surface area contributed by atoms with Crippen LogP contribution >= 0.6 is 0 Å². The fourth-order valence-corrected chi connectivity index (χ4v) is 4.65. The number of hydrogen-bond donors (Lipinski definition) is 1. The number of benzene rings is 2. The topological polar surface area (TPSA) is 86.7 Å². The molecule has 0 aliphatic heterocycles. The summed E-state index contributed by atoms with van der Waals surface area (Å²) < 4.78 is 5.07. The summed E-state index contributed by atoms with van der Waals surface area (Å²) in [6.07, 6.45) is 8.06. The smallest absolute Gasteiger partial charge is 0.324 e. The van der Waals surface area contributed by atoms with Crippen LogP contribution in [0.15, 0.2) is 59.5 Å². The highest BCUT2D eigenvalue weighted by Crippen LogP contribution is 2.25. The zero-order valence-corrected chi connectivity index (χ0v) is 19.5. The normalized spacial score (nSPS) is 13.8. The van der Waals surface area contributed by atoms with Crippen molar-refractivity contribution in [2.75, 3.05) is 5.32 Å². The Morgan fingerprint density at radius 1 is 1.03 bits per heavy atom. The van der Waals surface area contributed by atoms with E-state index in [0.717, 1.165) is 59.2 Å². The molecule has 8 nitrogen and oxygen atoms in total. The van der Waals surface area contributed by atoms with Crippen LogP contribution in [-0.4, -0.2) is 30.0 Å². The van der Waals surface area contributed by atoms with Crippen molar-refractivity contribution in [2.24, 2.45) is 0 Å². The summed E-state index contributed by atoms with van der Waals surface area (Å²) in [6, 6.07) is 13.7. The largest absolute Gasteiger partial charge is 0.333 e. The second-order valence-electron chi connectivity index (χ2n) is 8.86. The minimum Gasteiger partial charge on any atom is -0.324 e. The molecule has 5 rings (SSSR count). The number of carbonyl (C=O) groups is 1. The van der Waals surface area contributed by atoms with Crippen molar-refractivity contribution in [3.63, 3.8) is 0 Å². The minimum atomic E-state index is -0.174. The van der Waals surface area contributed by atoms with Crippen molar-refractivity contribution >= 4 is 28.3 Å². The fraction of sp³-hybridized carbons (Fsp3) is 0.308. The van der Waals surface area contributed by atoms with Gasteiger partial charge in [0.15, 0.2) is 0 Å². The number of rotatable bonds is 6. The third kappa shape index (κ3) is 4.19. The maximum Gasteiger partial charge on any atom is 0.333 e. The van der Waals surface area contributed by atoms with Gasteiger partial charge in [0.25, 0.3) is 0 Å². The van der Waals surface area contributed by atoms with Gasteiger partial charge in [-0.15, -0.1) is 5.10 Å². The first-order chi connectivity index (χ1) is 16.5. The number of nitrogens with zero attached hydrogens (tertiary/aromatic N) is 5. The van der Waals surface area contributed by atoms with E-state index in [4.69, 9.17) is 0 Å². The minimum absolute atomic E-state index is 0.0460. The molecule has 1 aliphatic carbocycles. The molecular formula is C26H28N6O2. The van der Waals surface area contributed by atoms with Crippen molar-refractivity contribution in [1.82, 2.24) is 24.1 Å². The lowest BCUT2D eigenvalue weighted by Gasteiger charge is -2.13. The summed E-state index contributed by atoms with van der Waals surface area (Å²) in [6.45, 7) is 4.27. The Kier molecular flexibility index (Phi) is 5.88. The molecule has 0 unspecified atom stereocenters. The fourth-order valence-electron chi connectivity index (χ4n) is 4.65. The lowest BCUT2D eigenvalue weighted by molar-refractivity contribution is -0.116. The Bertz CT molecular complexity index is 1440. The summed E-state index contributed by atoms with van der Waals surface area (Å²) in [5.41, 5.74) is 6.23. The molecular weight excluding hydrogens is 428 g/mol. The number of aromatic nitrogens is 5. The molecule has 0 bridgehead atoms. The first-order valence-corrected chi connectivity index (χ1v) is 11.7. The highest BCUT2D eigenvalue weighted by Gasteiger charge is 2.18. The molecule has 0 saturated heterocycles. The zero-order chi connectivity index (χ0) is 23.7. The number of amides is 1. The first-order valence-electron chi connectivity index (χ1n) is 11.7. The first kappa shape index (κ1) is 21.9. The Hall–Kier alpha value is -3.94. The number of anilines is 1. The molecule has 4 aromatic rings. The molecule has 1 amide bonds. The molecule has 0 spiro atoms. The second-order valence-corrected chi connectivity index (χ2v) is 8.86. The highest BCUT2D eigenvalue weighted by atomic mass is 16.2. The number of nitrogens with one attached hydrogen (secondary N) is 1. The van der Waals surface area contributed by atoms with Crippen LogP contribution in [0.5, 0.6) is 0 Å². The number of hydrogen-bond acceptors (Lipinski definition) is 4. The predicted octanol–water partition coefficient (Wildman–Crippen LogP) is 4.11. The van der Waals surface area contributed by atoms with E-state index in [9.17, 15) is 9.59 Å². The number of fused-ring (bicyclic) bond motifs is 1. The van der Waals surface area contributed by atoms with Crippen LogP contribution in [0.1, 0.15) is 42.5 Å². The number of para-hydroxylation sites is 3. The monoisotopic (exact) mass is 456 g/mol. The van der Waals surface area contributed by atoms with Gasteiger partial charge in [-0.1, -0.05) is 41.6 Å². The quantitative estimate of drug-likeness (QED) is 0.473. The van der Waals surface area contributed by atoms with Crippen LogP contribution in [0.25, 0.3) is 16.7 Å². The van der Waals surface area contributed by atoms with E-state index >= 15 is 0 Å². The van der Waals surface area contributed by atoms with Gasteiger partial charge in [-0.05, 0) is 62.8 Å². The number of allylic oxidation sites excluding steroid dienone is 2. The Morgan fingerprint density at radius 3 is 2.53 bits per heavy atom. The SMILES string of the molecule is Cc1cccc(C)c1NC(=O)Cn1cc(Cn2c(=O)n(C3=CCCCC3)c3ccccc32)nn1. The molecule has 8 heteroatoms. The average molecular weight is 457 g/mol. The Morgan fingerprint density at radius 2 is 1.79 bits per heavy atom. The lowest BCUT2D eigenvalue weighted by Crippen LogP contribution is -2.25. The van der Waals surface area contributed by atoms with Gasteiger partial charge in [0, 0.05) is 11.4 Å². The van der Waals surface area contributed by atoms with Crippen LogP contribution < -0.4 is 11.0 Å². The van der Waals surface area contributed by atoms with Gasteiger partial charge in [0.2, 0.25) is 5.91 Å². The molecule has 174 valence electrons. The maximum atomic E-state index is 13.4. The van der Waals surface area contributed by atoms with Gasteiger partial charge in [-0.3, -0.25) is 13.9 Å². The van der Waals surface area contributed by atoms with E-state index in [0.29, 0.717) is 5.69 Å². The summed E-state index contributed by atoms with van der Waals surface area (Å²) in [5.74, 6) is -0.174. The van der Waals surface area contributed by atoms with Crippen LogP contribution in [-0.2, 0) is 17.9 Å². The van der Waals surface area contributed by atoms with Crippen LogP contribution in [0, 0.1) is 13.8 Å². The summed E-state index contributed by atoms with van der Waals surface area (Å²) in [5, 5.41) is 11.3. The molecule has 0 fully saturated rings. The predicted molar refractivity (Wildman–Crippen MR) is 133 cm³/mol. The van der Waals surface area contributed by atoms with Crippen LogP contribution in [0.3, 0.4) is 0 Å². The number of aryl methyl sites for hydroxylation is 2. The average Bonchev–Trinajstić information content (AvgIpc) is 3.39. The van der Waals surface area contributed by atoms with Crippen LogP contribution in [0.4, 0.5) is 5.69 Å². The van der Waals surface area contributed by atoms with E-state index in [1.807, 2.05) is 60.9 Å². The van der Waals surface area contributed by atoms with Crippen molar-refractivity contribution in [1.29, 1.82) is 0 Å². The van der Waals surface area contributed by atoms with E-state index < -0.39 is 0 Å². The molecule has 1 N–H and O–H groups in total. The van der Waals surface area contributed by atoms with E-state index in [1.165, 1.54) is 4.68 Å². The van der Waals surface area contributed by atoms with Crippen LogP contribution in [0.2, 0.25) is 0 Å². The summed E-state index contributed by atoms with van der Waals surface area (Å²) in [7, 11) is 0. The zero-order valence-electron chi connectivity index (χ0n) is 19.5. The molecule has 0 saturated carbocycles. The van der Waals surface area contributed by atoms with E-state index in [1.54, 1.807) is 10.8 Å². The number of carbonyl (C=O) groups excluding carboxylic acids is 1. The molecule has 2 heterocycles. The van der Waals surface area contributed by atoms with Crippen molar-refractivity contribution in [3.8, 4) is 0 Å². The third-order valence-corrected chi connectivity index (χ3v) is 6.35. The lowest BCUT2D eigenvalue weighted by atomic mass is 10.0. The van der Waals surface area contributed by atoms with Crippen molar-refractivity contribution in [3.05, 3.63) is 82.0 Å². The van der Waals surface area contributed by atoms with Gasteiger partial charge < -0.3 is 5.32 Å². The second kappa shape index (κ2) is 9.13. The number of imidazole rings is 1. The van der Waals surface area contributed by atoms with Gasteiger partial charge in [0.1, 0.15) is 12.2 Å². The molecule has 0 radical (unpaired) electrons. The Labute approximate surface area is 197 Å². The molecule has 0 atom stereocenters. The Balaban J connectivity index is 1.37. The highest BCUT2D eigenvalue weighted by molar-refractivity contribution is 5.92. The van der Waals surface area contributed by atoms with Gasteiger partial charge in [-0.2, -0.15) is 0 Å². The maximum absolute atomic E-state index is 13.4. The molecule has 1 aliphatic rings.